The van der Waals surface area contributed by atoms with E-state index in [-0.39, 0.29) is 5.43 Å². The number of para-hydroxylation sites is 1. The number of pyridine rings is 1. The topological polar surface area (TPSA) is 32.9 Å². The van der Waals surface area contributed by atoms with E-state index >= 15 is 0 Å². The summed E-state index contributed by atoms with van der Waals surface area (Å²) in [6, 6.07) is 7.82. The van der Waals surface area contributed by atoms with Crippen molar-refractivity contribution >= 4 is 10.9 Å². The molecule has 0 atom stereocenters. The van der Waals surface area contributed by atoms with E-state index in [1.807, 2.05) is 31.2 Å². The Kier molecular flexibility index (Phi) is 3.41. The molecule has 1 aliphatic rings. The second kappa shape index (κ2) is 5.20. The van der Waals surface area contributed by atoms with Gasteiger partial charge in [-0.1, -0.05) is 44.2 Å². The number of nitrogens with one attached hydrogen (secondary N) is 1. The first-order valence-corrected chi connectivity index (χ1v) is 7.36. The maximum absolute atomic E-state index is 12.4. The third kappa shape index (κ3) is 2.44. The minimum Gasteiger partial charge on any atom is -0.358 e. The summed E-state index contributed by atoms with van der Waals surface area (Å²) < 4.78 is 0. The van der Waals surface area contributed by atoms with E-state index in [1.165, 1.54) is 32.1 Å². The van der Waals surface area contributed by atoms with Crippen LogP contribution in [0.4, 0.5) is 0 Å². The number of hydrogen-bond donors (Lipinski definition) is 1. The normalized spacial score (nSPS) is 16.9. The molecule has 0 bridgehead atoms. The van der Waals surface area contributed by atoms with E-state index in [0.717, 1.165) is 34.5 Å². The molecule has 2 nitrogen and oxygen atoms in total. The minimum atomic E-state index is 0.195. The third-order valence-corrected chi connectivity index (χ3v) is 4.47. The lowest BCUT2D eigenvalue weighted by Gasteiger charge is -2.22. The number of H-pyrrole nitrogens is 1. The predicted molar refractivity (Wildman–Crippen MR) is 79.6 cm³/mol. The van der Waals surface area contributed by atoms with Crippen molar-refractivity contribution in [2.24, 2.45) is 5.92 Å². The molecule has 100 valence electrons. The summed E-state index contributed by atoms with van der Waals surface area (Å²) in [5.74, 6) is 0.754. The molecule has 1 aliphatic carbocycles. The van der Waals surface area contributed by atoms with E-state index < -0.39 is 0 Å². The van der Waals surface area contributed by atoms with Gasteiger partial charge in [-0.25, -0.2) is 0 Å². The quantitative estimate of drug-likeness (QED) is 0.865. The Morgan fingerprint density at radius 1 is 1.16 bits per heavy atom. The molecule has 0 saturated heterocycles. The van der Waals surface area contributed by atoms with Crippen molar-refractivity contribution < 1.29 is 0 Å². The second-order valence-corrected chi connectivity index (χ2v) is 5.81. The van der Waals surface area contributed by atoms with Gasteiger partial charge in [0.1, 0.15) is 0 Å². The highest BCUT2D eigenvalue weighted by molar-refractivity contribution is 5.79. The molecule has 3 rings (SSSR count). The van der Waals surface area contributed by atoms with Crippen molar-refractivity contribution in [3.05, 3.63) is 45.7 Å². The summed E-state index contributed by atoms with van der Waals surface area (Å²) in [6.07, 6.45) is 7.74. The van der Waals surface area contributed by atoms with Crippen LogP contribution in [-0.2, 0) is 6.42 Å². The largest absolute Gasteiger partial charge is 0.358 e. The summed E-state index contributed by atoms with van der Waals surface area (Å²) in [5, 5.41) is 0.812. The van der Waals surface area contributed by atoms with Crippen LogP contribution in [0.15, 0.2) is 29.1 Å². The van der Waals surface area contributed by atoms with Crippen LogP contribution in [0, 0.1) is 12.8 Å². The Labute approximate surface area is 113 Å². The third-order valence-electron chi connectivity index (χ3n) is 4.47. The van der Waals surface area contributed by atoms with Gasteiger partial charge in [-0.2, -0.15) is 0 Å². The van der Waals surface area contributed by atoms with E-state index in [2.05, 4.69) is 4.98 Å². The fourth-order valence-corrected chi connectivity index (χ4v) is 3.27. The Hall–Kier alpha value is -1.57. The van der Waals surface area contributed by atoms with Gasteiger partial charge in [0.25, 0.3) is 0 Å². The highest BCUT2D eigenvalue weighted by atomic mass is 16.1. The van der Waals surface area contributed by atoms with E-state index in [4.69, 9.17) is 0 Å². The van der Waals surface area contributed by atoms with Gasteiger partial charge in [-0.05, 0) is 31.4 Å². The molecule has 1 N–H and O–H groups in total. The number of hydrogen-bond acceptors (Lipinski definition) is 1. The second-order valence-electron chi connectivity index (χ2n) is 5.81. The number of rotatable bonds is 2. The zero-order valence-electron chi connectivity index (χ0n) is 11.5. The SMILES string of the molecule is Cc1c(CC2CCCCC2)[nH]c2ccccc2c1=O. The molecule has 0 unspecified atom stereocenters. The number of aromatic nitrogens is 1. The summed E-state index contributed by atoms with van der Waals surface area (Å²) in [6.45, 7) is 1.96. The summed E-state index contributed by atoms with van der Waals surface area (Å²) >= 11 is 0. The average Bonchev–Trinajstić information content (AvgIpc) is 2.46. The maximum Gasteiger partial charge on any atom is 0.192 e. The van der Waals surface area contributed by atoms with Gasteiger partial charge in [0.05, 0.1) is 0 Å². The van der Waals surface area contributed by atoms with Crippen LogP contribution >= 0.6 is 0 Å². The van der Waals surface area contributed by atoms with Gasteiger partial charge in [-0.15, -0.1) is 0 Å². The highest BCUT2D eigenvalue weighted by Crippen LogP contribution is 2.27. The van der Waals surface area contributed by atoms with E-state index in [0.29, 0.717) is 0 Å². The fourth-order valence-electron chi connectivity index (χ4n) is 3.27. The van der Waals surface area contributed by atoms with Crippen molar-refractivity contribution in [3.8, 4) is 0 Å². The van der Waals surface area contributed by atoms with Crippen LogP contribution in [0.3, 0.4) is 0 Å². The zero-order chi connectivity index (χ0) is 13.2. The number of fused-ring (bicyclic) bond motifs is 1. The smallest absolute Gasteiger partial charge is 0.192 e. The standard InChI is InChI=1S/C17H21NO/c1-12-16(11-13-7-3-2-4-8-13)18-15-10-6-5-9-14(15)17(12)19/h5-6,9-10,13H,2-4,7-8,11H2,1H3,(H,18,19). The van der Waals surface area contributed by atoms with Crippen molar-refractivity contribution in [1.29, 1.82) is 0 Å². The average molecular weight is 255 g/mol. The number of benzene rings is 1. The monoisotopic (exact) mass is 255 g/mol. The molecule has 1 heterocycles. The first kappa shape index (κ1) is 12.5. The Balaban J connectivity index is 1.99. The Bertz CT molecular complexity index is 635. The van der Waals surface area contributed by atoms with Crippen LogP contribution in [0.5, 0.6) is 0 Å². The molecule has 0 radical (unpaired) electrons. The van der Waals surface area contributed by atoms with Crippen LogP contribution in [-0.4, -0.2) is 4.98 Å². The molecule has 1 saturated carbocycles. The molecule has 0 spiro atoms. The molecule has 0 amide bonds. The lowest BCUT2D eigenvalue weighted by molar-refractivity contribution is 0.354. The first-order chi connectivity index (χ1) is 9.25. The molecule has 19 heavy (non-hydrogen) atoms. The molecule has 1 fully saturated rings. The molecular formula is C17H21NO. The maximum atomic E-state index is 12.4. The summed E-state index contributed by atoms with van der Waals surface area (Å²) in [7, 11) is 0. The van der Waals surface area contributed by atoms with Crippen LogP contribution in [0.25, 0.3) is 10.9 Å². The molecule has 1 aromatic carbocycles. The van der Waals surface area contributed by atoms with Crippen molar-refractivity contribution in [1.82, 2.24) is 4.98 Å². The van der Waals surface area contributed by atoms with Gasteiger partial charge >= 0.3 is 0 Å². The highest BCUT2D eigenvalue weighted by Gasteiger charge is 2.16. The van der Waals surface area contributed by atoms with Gasteiger partial charge < -0.3 is 4.98 Å². The van der Waals surface area contributed by atoms with Crippen LogP contribution in [0.1, 0.15) is 43.4 Å². The lowest BCUT2D eigenvalue weighted by atomic mass is 9.85. The molecule has 2 heteroatoms. The first-order valence-electron chi connectivity index (χ1n) is 7.36. The summed E-state index contributed by atoms with van der Waals surface area (Å²) in [4.78, 5) is 15.9. The molecule has 2 aromatic rings. The lowest BCUT2D eigenvalue weighted by Crippen LogP contribution is -2.16. The summed E-state index contributed by atoms with van der Waals surface area (Å²) in [5.41, 5.74) is 3.23. The van der Waals surface area contributed by atoms with Crippen molar-refractivity contribution in [2.45, 2.75) is 45.4 Å². The van der Waals surface area contributed by atoms with E-state index in [1.54, 1.807) is 0 Å². The van der Waals surface area contributed by atoms with Gasteiger partial charge in [-0.3, -0.25) is 4.79 Å². The van der Waals surface area contributed by atoms with Gasteiger partial charge in [0.2, 0.25) is 0 Å². The Morgan fingerprint density at radius 3 is 2.68 bits per heavy atom. The zero-order valence-corrected chi connectivity index (χ0v) is 11.5. The van der Waals surface area contributed by atoms with Crippen LogP contribution in [0.2, 0.25) is 0 Å². The molecular weight excluding hydrogens is 234 g/mol. The minimum absolute atomic E-state index is 0.195. The van der Waals surface area contributed by atoms with Crippen molar-refractivity contribution in [2.75, 3.05) is 0 Å². The van der Waals surface area contributed by atoms with Crippen molar-refractivity contribution in [3.63, 3.8) is 0 Å². The van der Waals surface area contributed by atoms with Gasteiger partial charge in [0.15, 0.2) is 5.43 Å². The van der Waals surface area contributed by atoms with E-state index in [9.17, 15) is 4.79 Å². The van der Waals surface area contributed by atoms with Gasteiger partial charge in [0, 0.05) is 22.2 Å². The number of aromatic amines is 1. The van der Waals surface area contributed by atoms with Crippen LogP contribution < -0.4 is 5.43 Å². The Morgan fingerprint density at radius 2 is 1.89 bits per heavy atom. The molecule has 0 aliphatic heterocycles. The fraction of sp³-hybridized carbons (Fsp3) is 0.471. The molecule has 1 aromatic heterocycles. The predicted octanol–water partition coefficient (Wildman–Crippen LogP) is 3.96.